The molecule has 2 saturated heterocycles. The highest BCUT2D eigenvalue weighted by Gasteiger charge is 2.51. The third-order valence-electron chi connectivity index (χ3n) is 4.75. The highest BCUT2D eigenvalue weighted by Crippen LogP contribution is 2.44. The Morgan fingerprint density at radius 1 is 1.06 bits per heavy atom. The van der Waals surface area contributed by atoms with Crippen LogP contribution in [0.15, 0.2) is 0 Å². The summed E-state index contributed by atoms with van der Waals surface area (Å²) in [5, 5.41) is 0. The van der Waals surface area contributed by atoms with Crippen LogP contribution in [0.2, 0.25) is 0 Å². The zero-order valence-corrected chi connectivity index (χ0v) is 10.6. The summed E-state index contributed by atoms with van der Waals surface area (Å²) in [5.41, 5.74) is 0. The van der Waals surface area contributed by atoms with Crippen molar-refractivity contribution in [2.45, 2.75) is 70.2 Å². The molecule has 0 spiro atoms. The molecule has 0 amide bonds. The Morgan fingerprint density at radius 2 is 1.76 bits per heavy atom. The van der Waals surface area contributed by atoms with Gasteiger partial charge in [-0.15, -0.1) is 0 Å². The fourth-order valence-electron chi connectivity index (χ4n) is 3.70. The van der Waals surface area contributed by atoms with Crippen molar-refractivity contribution in [2.24, 2.45) is 11.8 Å². The van der Waals surface area contributed by atoms with Crippen molar-refractivity contribution in [3.05, 3.63) is 0 Å². The minimum Gasteiger partial charge on any atom is -0.462 e. The molecular formula is C14H22O3. The van der Waals surface area contributed by atoms with Crippen LogP contribution in [-0.2, 0) is 14.3 Å². The Bertz CT molecular complexity index is 294. The van der Waals surface area contributed by atoms with Crippen LogP contribution in [0.25, 0.3) is 0 Å². The normalized spacial score (nSPS) is 41.7. The maximum Gasteiger partial charge on any atom is 0.312 e. The van der Waals surface area contributed by atoms with E-state index in [1.807, 2.05) is 0 Å². The molecule has 3 rings (SSSR count). The van der Waals surface area contributed by atoms with Crippen molar-refractivity contribution in [3.8, 4) is 0 Å². The molecule has 2 bridgehead atoms. The summed E-state index contributed by atoms with van der Waals surface area (Å²) in [5.74, 6) is 0.372. The van der Waals surface area contributed by atoms with Gasteiger partial charge in [-0.25, -0.2) is 0 Å². The van der Waals surface area contributed by atoms with E-state index in [1.165, 1.54) is 19.3 Å². The van der Waals surface area contributed by atoms with E-state index < -0.39 is 0 Å². The van der Waals surface area contributed by atoms with Gasteiger partial charge in [0.15, 0.2) is 0 Å². The second-order valence-electron chi connectivity index (χ2n) is 5.87. The summed E-state index contributed by atoms with van der Waals surface area (Å²) < 4.78 is 11.5. The van der Waals surface area contributed by atoms with Crippen LogP contribution in [0.5, 0.6) is 0 Å². The average Bonchev–Trinajstić information content (AvgIpc) is 2.90. The van der Waals surface area contributed by atoms with Gasteiger partial charge in [-0.1, -0.05) is 13.3 Å². The van der Waals surface area contributed by atoms with Crippen molar-refractivity contribution < 1.29 is 14.3 Å². The lowest BCUT2D eigenvalue weighted by atomic mass is 9.80. The topological polar surface area (TPSA) is 35.5 Å². The molecule has 17 heavy (non-hydrogen) atoms. The monoisotopic (exact) mass is 238 g/mol. The number of carbonyl (C=O) groups excluding carboxylic acids is 1. The van der Waals surface area contributed by atoms with Gasteiger partial charge in [0, 0.05) is 0 Å². The SMILES string of the molecule is C[C@@H]1C2CCC(O2)C1C(=O)OC1CCCCC1. The van der Waals surface area contributed by atoms with Crippen LogP contribution in [0.1, 0.15) is 51.9 Å². The highest BCUT2D eigenvalue weighted by atomic mass is 16.6. The van der Waals surface area contributed by atoms with Crippen molar-refractivity contribution in [3.63, 3.8) is 0 Å². The van der Waals surface area contributed by atoms with E-state index in [-0.39, 0.29) is 24.1 Å². The second kappa shape index (κ2) is 4.60. The van der Waals surface area contributed by atoms with Crippen molar-refractivity contribution >= 4 is 5.97 Å². The molecule has 0 N–H and O–H groups in total. The van der Waals surface area contributed by atoms with Crippen LogP contribution in [-0.4, -0.2) is 24.3 Å². The van der Waals surface area contributed by atoms with Gasteiger partial charge in [0.1, 0.15) is 6.10 Å². The fourth-order valence-corrected chi connectivity index (χ4v) is 3.70. The molecule has 4 atom stereocenters. The lowest BCUT2D eigenvalue weighted by Crippen LogP contribution is -2.35. The number of hydrogen-bond acceptors (Lipinski definition) is 3. The molecule has 3 nitrogen and oxygen atoms in total. The number of carbonyl (C=O) groups is 1. The second-order valence-corrected chi connectivity index (χ2v) is 5.87. The van der Waals surface area contributed by atoms with Crippen LogP contribution in [0.3, 0.4) is 0 Å². The summed E-state index contributed by atoms with van der Waals surface area (Å²) >= 11 is 0. The van der Waals surface area contributed by atoms with Gasteiger partial charge in [-0.3, -0.25) is 4.79 Å². The number of esters is 1. The number of rotatable bonds is 2. The summed E-state index contributed by atoms with van der Waals surface area (Å²) in [4.78, 5) is 12.2. The van der Waals surface area contributed by atoms with E-state index >= 15 is 0 Å². The Hall–Kier alpha value is -0.570. The van der Waals surface area contributed by atoms with Gasteiger partial charge < -0.3 is 9.47 Å². The third kappa shape index (κ3) is 2.10. The van der Waals surface area contributed by atoms with Crippen molar-refractivity contribution in [1.82, 2.24) is 0 Å². The molecule has 1 aliphatic carbocycles. The maximum absolute atomic E-state index is 12.2. The van der Waals surface area contributed by atoms with Gasteiger partial charge in [0.05, 0.1) is 18.1 Å². The van der Waals surface area contributed by atoms with Gasteiger partial charge in [0.2, 0.25) is 0 Å². The lowest BCUT2D eigenvalue weighted by molar-refractivity contribution is -0.158. The summed E-state index contributed by atoms with van der Waals surface area (Å²) in [6, 6.07) is 0. The Labute approximate surface area is 103 Å². The van der Waals surface area contributed by atoms with E-state index in [4.69, 9.17) is 9.47 Å². The Kier molecular flexibility index (Phi) is 3.12. The standard InChI is InChI=1S/C14H22O3/c1-9-11-7-8-12(17-11)13(9)14(15)16-10-5-3-2-4-6-10/h9-13H,2-8H2,1H3/t9-,11?,12?,13?/m1/s1. The van der Waals surface area contributed by atoms with Crippen molar-refractivity contribution in [1.29, 1.82) is 0 Å². The van der Waals surface area contributed by atoms with Crippen molar-refractivity contribution in [2.75, 3.05) is 0 Å². The maximum atomic E-state index is 12.2. The molecule has 1 saturated carbocycles. The van der Waals surface area contributed by atoms with E-state index in [1.54, 1.807) is 0 Å². The molecule has 3 heteroatoms. The average molecular weight is 238 g/mol. The number of hydrogen-bond donors (Lipinski definition) is 0. The van der Waals surface area contributed by atoms with Crippen LogP contribution in [0, 0.1) is 11.8 Å². The van der Waals surface area contributed by atoms with Gasteiger partial charge in [0.25, 0.3) is 0 Å². The molecular weight excluding hydrogens is 216 g/mol. The van der Waals surface area contributed by atoms with Gasteiger partial charge in [-0.05, 0) is 44.4 Å². The number of fused-ring (bicyclic) bond motifs is 2. The minimum atomic E-state index is 0.00989. The van der Waals surface area contributed by atoms with E-state index in [9.17, 15) is 4.79 Å². The summed E-state index contributed by atoms with van der Waals surface area (Å²) in [6.45, 7) is 2.14. The quantitative estimate of drug-likeness (QED) is 0.694. The van der Waals surface area contributed by atoms with Crippen LogP contribution < -0.4 is 0 Å². The van der Waals surface area contributed by atoms with Gasteiger partial charge in [-0.2, -0.15) is 0 Å². The smallest absolute Gasteiger partial charge is 0.312 e. The first-order valence-corrected chi connectivity index (χ1v) is 7.11. The molecule has 0 aromatic carbocycles. The molecule has 3 unspecified atom stereocenters. The zero-order valence-electron chi connectivity index (χ0n) is 10.6. The van der Waals surface area contributed by atoms with Crippen LogP contribution >= 0.6 is 0 Å². The third-order valence-corrected chi connectivity index (χ3v) is 4.75. The molecule has 0 radical (unpaired) electrons. The minimum absolute atomic E-state index is 0.00989. The molecule has 3 aliphatic rings. The zero-order chi connectivity index (χ0) is 11.8. The summed E-state index contributed by atoms with van der Waals surface area (Å²) in [6.07, 6.45) is 8.63. The highest BCUT2D eigenvalue weighted by molar-refractivity contribution is 5.74. The predicted molar refractivity (Wildman–Crippen MR) is 63.5 cm³/mol. The first-order chi connectivity index (χ1) is 8.25. The van der Waals surface area contributed by atoms with E-state index in [0.29, 0.717) is 12.0 Å². The lowest BCUT2D eigenvalue weighted by Gasteiger charge is -2.27. The summed E-state index contributed by atoms with van der Waals surface area (Å²) in [7, 11) is 0. The van der Waals surface area contributed by atoms with E-state index in [0.717, 1.165) is 25.7 Å². The first-order valence-electron chi connectivity index (χ1n) is 7.11. The van der Waals surface area contributed by atoms with Crippen LogP contribution in [0.4, 0.5) is 0 Å². The molecule has 2 heterocycles. The Morgan fingerprint density at radius 3 is 2.41 bits per heavy atom. The molecule has 0 aromatic rings. The fraction of sp³-hybridized carbons (Fsp3) is 0.929. The van der Waals surface area contributed by atoms with E-state index in [2.05, 4.69) is 6.92 Å². The predicted octanol–water partition coefficient (Wildman–Crippen LogP) is 2.68. The van der Waals surface area contributed by atoms with Gasteiger partial charge >= 0.3 is 5.97 Å². The molecule has 3 fully saturated rings. The first kappa shape index (κ1) is 11.5. The largest absolute Gasteiger partial charge is 0.462 e. The molecule has 0 aromatic heterocycles. The molecule has 96 valence electrons. The Balaban J connectivity index is 1.58. The number of ether oxygens (including phenoxy) is 2. The molecule has 2 aliphatic heterocycles.